The van der Waals surface area contributed by atoms with Crippen molar-refractivity contribution in [2.75, 3.05) is 5.32 Å². The molecule has 1 aliphatic rings. The van der Waals surface area contributed by atoms with Crippen LogP contribution in [0.2, 0.25) is 0 Å². The van der Waals surface area contributed by atoms with E-state index in [0.717, 1.165) is 0 Å². The van der Waals surface area contributed by atoms with E-state index in [9.17, 15) is 13.2 Å². The van der Waals surface area contributed by atoms with E-state index in [2.05, 4.69) is 20.2 Å². The molecule has 110 valence electrons. The van der Waals surface area contributed by atoms with Crippen LogP contribution in [0.15, 0.2) is 27.5 Å². The number of nitrogens with zero attached hydrogens (tertiary/aromatic N) is 2. The molecule has 8 nitrogen and oxygen atoms in total. The molecular weight excluding hydrogens is 296 g/mol. The van der Waals surface area contributed by atoms with E-state index in [1.165, 1.54) is 12.1 Å². The number of benzene rings is 1. The molecule has 0 spiro atoms. The molecule has 21 heavy (non-hydrogen) atoms. The van der Waals surface area contributed by atoms with E-state index in [1.807, 2.05) is 0 Å². The number of anilines is 1. The lowest BCUT2D eigenvalue weighted by atomic mass is 10.2. The maximum Gasteiger partial charge on any atom is 0.241 e. The summed E-state index contributed by atoms with van der Waals surface area (Å²) < 4.78 is 31.9. The molecule has 2 heterocycles. The van der Waals surface area contributed by atoms with Gasteiger partial charge in [-0.15, -0.1) is 10.2 Å². The molecule has 0 aliphatic carbocycles. The van der Waals surface area contributed by atoms with Crippen molar-refractivity contribution < 1.29 is 17.6 Å². The zero-order chi connectivity index (χ0) is 15.0. The maximum absolute atomic E-state index is 12.2. The molecule has 0 saturated heterocycles. The summed E-state index contributed by atoms with van der Waals surface area (Å²) in [5.74, 6) is 0.411. The first kappa shape index (κ1) is 13.7. The fourth-order valence-corrected chi connectivity index (χ4v) is 3.05. The molecule has 3 rings (SSSR count). The number of hydrogen-bond donors (Lipinski definition) is 2. The van der Waals surface area contributed by atoms with Gasteiger partial charge in [-0.3, -0.25) is 4.79 Å². The molecule has 0 saturated carbocycles. The minimum atomic E-state index is -3.71. The van der Waals surface area contributed by atoms with Gasteiger partial charge in [-0.1, -0.05) is 0 Å². The topological polar surface area (TPSA) is 114 Å². The highest BCUT2D eigenvalue weighted by atomic mass is 32.2. The third-order valence-corrected chi connectivity index (χ3v) is 4.39. The van der Waals surface area contributed by atoms with Crippen LogP contribution in [0.3, 0.4) is 0 Å². The summed E-state index contributed by atoms with van der Waals surface area (Å²) in [6.07, 6.45) is 0.182. The van der Waals surface area contributed by atoms with Gasteiger partial charge in [0.25, 0.3) is 0 Å². The van der Waals surface area contributed by atoms with Crippen molar-refractivity contribution in [2.24, 2.45) is 0 Å². The second-order valence-electron chi connectivity index (χ2n) is 4.58. The van der Waals surface area contributed by atoms with E-state index >= 15 is 0 Å². The number of hydrogen-bond acceptors (Lipinski definition) is 6. The Morgan fingerprint density at radius 2 is 2.19 bits per heavy atom. The Kier molecular flexibility index (Phi) is 3.22. The number of aryl methyl sites for hydroxylation is 1. The van der Waals surface area contributed by atoms with Crippen LogP contribution in [0.5, 0.6) is 0 Å². The van der Waals surface area contributed by atoms with Gasteiger partial charge in [0.2, 0.25) is 27.7 Å². The molecule has 1 amide bonds. The Balaban J connectivity index is 1.79. The van der Waals surface area contributed by atoms with Crippen LogP contribution < -0.4 is 10.0 Å². The predicted octanol–water partition coefficient (Wildman–Crippen LogP) is 0.351. The van der Waals surface area contributed by atoms with Gasteiger partial charge >= 0.3 is 0 Å². The lowest BCUT2D eigenvalue weighted by molar-refractivity contribution is -0.115. The first-order valence-electron chi connectivity index (χ1n) is 6.15. The second-order valence-corrected chi connectivity index (χ2v) is 6.35. The number of aromatic nitrogens is 2. The number of fused-ring (bicyclic) bond motifs is 1. The molecule has 2 aromatic rings. The summed E-state index contributed by atoms with van der Waals surface area (Å²) in [7, 11) is -3.71. The zero-order valence-corrected chi connectivity index (χ0v) is 11.9. The lowest BCUT2D eigenvalue weighted by Crippen LogP contribution is -2.23. The minimum Gasteiger partial charge on any atom is -0.424 e. The summed E-state index contributed by atoms with van der Waals surface area (Å²) in [4.78, 5) is 11.4. The first-order valence-corrected chi connectivity index (χ1v) is 7.64. The summed E-state index contributed by atoms with van der Waals surface area (Å²) in [5, 5.41) is 9.98. The number of amides is 1. The SMILES string of the molecule is Cc1nnc(CNS(=O)(=O)c2ccc3c(c2)CC(=O)N3)o1. The highest BCUT2D eigenvalue weighted by molar-refractivity contribution is 7.89. The van der Waals surface area contributed by atoms with E-state index in [4.69, 9.17) is 4.42 Å². The molecule has 0 atom stereocenters. The van der Waals surface area contributed by atoms with Crippen LogP contribution in [0.4, 0.5) is 5.69 Å². The average molecular weight is 308 g/mol. The molecule has 0 unspecified atom stereocenters. The van der Waals surface area contributed by atoms with E-state index in [1.54, 1.807) is 13.0 Å². The summed E-state index contributed by atoms with van der Waals surface area (Å²) in [5.41, 5.74) is 1.31. The van der Waals surface area contributed by atoms with Gasteiger partial charge in [-0.2, -0.15) is 0 Å². The number of carbonyl (C=O) groups is 1. The quantitative estimate of drug-likeness (QED) is 0.842. The molecule has 9 heteroatoms. The Hall–Kier alpha value is -2.26. The third kappa shape index (κ3) is 2.78. The van der Waals surface area contributed by atoms with Crippen LogP contribution >= 0.6 is 0 Å². The van der Waals surface area contributed by atoms with Crippen molar-refractivity contribution in [3.8, 4) is 0 Å². The molecular formula is C12H12N4O4S. The maximum atomic E-state index is 12.2. The van der Waals surface area contributed by atoms with Gasteiger partial charge in [-0.25, -0.2) is 13.1 Å². The van der Waals surface area contributed by atoms with E-state index < -0.39 is 10.0 Å². The molecule has 0 fully saturated rings. The molecule has 1 aromatic heterocycles. The average Bonchev–Trinajstić information content (AvgIpc) is 3.00. The normalized spacial score (nSPS) is 14.0. The molecule has 0 radical (unpaired) electrons. The van der Waals surface area contributed by atoms with Crippen molar-refractivity contribution in [1.29, 1.82) is 0 Å². The summed E-state index contributed by atoms with van der Waals surface area (Å²) in [6.45, 7) is 1.53. The van der Waals surface area contributed by atoms with Gasteiger partial charge in [0.1, 0.15) is 0 Å². The van der Waals surface area contributed by atoms with Crippen molar-refractivity contribution in [3.05, 3.63) is 35.5 Å². The monoisotopic (exact) mass is 308 g/mol. The number of sulfonamides is 1. The Morgan fingerprint density at radius 1 is 1.38 bits per heavy atom. The van der Waals surface area contributed by atoms with Gasteiger partial charge in [0, 0.05) is 12.6 Å². The van der Waals surface area contributed by atoms with Crippen LogP contribution in [0.25, 0.3) is 0 Å². The van der Waals surface area contributed by atoms with Crippen LogP contribution in [0, 0.1) is 6.92 Å². The summed E-state index contributed by atoms with van der Waals surface area (Å²) >= 11 is 0. The standard InChI is InChI=1S/C12H12N4O4S/c1-7-15-16-12(20-7)6-13-21(18,19)9-2-3-10-8(4-9)5-11(17)14-10/h2-4,13H,5-6H2,1H3,(H,14,17). The number of nitrogens with one attached hydrogen (secondary N) is 2. The van der Waals surface area contributed by atoms with Gasteiger partial charge in [0.05, 0.1) is 17.9 Å². The highest BCUT2D eigenvalue weighted by Gasteiger charge is 2.22. The number of carbonyl (C=O) groups excluding carboxylic acids is 1. The Bertz CT molecular complexity index is 812. The zero-order valence-electron chi connectivity index (χ0n) is 11.1. The van der Waals surface area contributed by atoms with Crippen LogP contribution in [0.1, 0.15) is 17.3 Å². The minimum absolute atomic E-state index is 0.0859. The van der Waals surface area contributed by atoms with Gasteiger partial charge < -0.3 is 9.73 Å². The smallest absolute Gasteiger partial charge is 0.241 e. The molecule has 2 N–H and O–H groups in total. The molecule has 0 bridgehead atoms. The van der Waals surface area contributed by atoms with Crippen molar-refractivity contribution in [1.82, 2.24) is 14.9 Å². The largest absolute Gasteiger partial charge is 0.424 e. The van der Waals surface area contributed by atoms with E-state index in [-0.39, 0.29) is 29.7 Å². The van der Waals surface area contributed by atoms with Crippen molar-refractivity contribution in [3.63, 3.8) is 0 Å². The Morgan fingerprint density at radius 3 is 2.90 bits per heavy atom. The highest BCUT2D eigenvalue weighted by Crippen LogP contribution is 2.25. The second kappa shape index (κ2) is 4.93. The molecule has 1 aromatic carbocycles. The van der Waals surface area contributed by atoms with Crippen molar-refractivity contribution in [2.45, 2.75) is 24.8 Å². The lowest BCUT2D eigenvalue weighted by Gasteiger charge is -2.06. The fourth-order valence-electron chi connectivity index (χ4n) is 2.02. The first-order chi connectivity index (χ1) is 9.94. The van der Waals surface area contributed by atoms with Gasteiger partial charge in [-0.05, 0) is 23.8 Å². The predicted molar refractivity (Wildman–Crippen MR) is 71.8 cm³/mol. The fraction of sp³-hybridized carbons (Fsp3) is 0.250. The van der Waals surface area contributed by atoms with Gasteiger partial charge in [0.15, 0.2) is 0 Å². The molecule has 1 aliphatic heterocycles. The van der Waals surface area contributed by atoms with Crippen LogP contribution in [-0.4, -0.2) is 24.5 Å². The Labute approximate surface area is 120 Å². The third-order valence-electron chi connectivity index (χ3n) is 2.99. The van der Waals surface area contributed by atoms with Crippen molar-refractivity contribution >= 4 is 21.6 Å². The van der Waals surface area contributed by atoms with Crippen LogP contribution in [-0.2, 0) is 27.8 Å². The summed E-state index contributed by atoms with van der Waals surface area (Å²) in [6, 6.07) is 4.49. The van der Waals surface area contributed by atoms with E-state index in [0.29, 0.717) is 17.1 Å². The number of rotatable bonds is 4.